The molecule has 0 bridgehead atoms. The molecular weight excluding hydrogens is 474 g/mol. The Morgan fingerprint density at radius 3 is 2.28 bits per heavy atom. The van der Waals surface area contributed by atoms with E-state index in [2.05, 4.69) is 65.3 Å². The summed E-state index contributed by atoms with van der Waals surface area (Å²) >= 11 is 0. The molecule has 1 fully saturated rings. The van der Waals surface area contributed by atoms with Crippen LogP contribution in [0.3, 0.4) is 0 Å². The lowest BCUT2D eigenvalue weighted by molar-refractivity contribution is -0.137. The van der Waals surface area contributed by atoms with Crippen LogP contribution in [0.5, 0.6) is 0 Å². The van der Waals surface area contributed by atoms with E-state index in [1.807, 2.05) is 0 Å². The first-order chi connectivity index (χ1) is 16.7. The molecule has 4 rings (SSSR count). The normalized spacial score (nSPS) is 18.3. The van der Waals surface area contributed by atoms with Gasteiger partial charge in [0.25, 0.3) is 0 Å². The number of benzene rings is 1. The van der Waals surface area contributed by atoms with Crippen LogP contribution in [0.2, 0.25) is 0 Å². The first-order valence-electron chi connectivity index (χ1n) is 11.7. The van der Waals surface area contributed by atoms with Crippen molar-refractivity contribution in [2.75, 3.05) is 17.7 Å². The van der Waals surface area contributed by atoms with Crippen LogP contribution < -0.4 is 10.6 Å². The van der Waals surface area contributed by atoms with Crippen LogP contribution in [0.1, 0.15) is 46.1 Å². The summed E-state index contributed by atoms with van der Waals surface area (Å²) in [6, 6.07) is 3.82. The minimum absolute atomic E-state index is 0.00685. The number of hydrogen-bond donors (Lipinski definition) is 2. The quantitative estimate of drug-likeness (QED) is 0.425. The molecule has 194 valence electrons. The summed E-state index contributed by atoms with van der Waals surface area (Å²) in [5, 5.41) is 9.94. The number of alkyl halides is 3. The van der Waals surface area contributed by atoms with Crippen molar-refractivity contribution in [2.24, 2.45) is 7.05 Å². The van der Waals surface area contributed by atoms with Gasteiger partial charge in [-0.05, 0) is 65.3 Å². The zero-order valence-electron chi connectivity index (χ0n) is 21.2. The van der Waals surface area contributed by atoms with Crippen LogP contribution in [0, 0.1) is 5.82 Å². The highest BCUT2D eigenvalue weighted by Crippen LogP contribution is 2.40. The van der Waals surface area contributed by atoms with Crippen molar-refractivity contribution in [3.05, 3.63) is 48.2 Å². The summed E-state index contributed by atoms with van der Waals surface area (Å²) in [5.74, 6) is -0.623. The second-order valence-corrected chi connectivity index (χ2v) is 10.6. The average Bonchev–Trinajstić information content (AvgIpc) is 3.19. The smallest absolute Gasteiger partial charge is 0.365 e. The number of hydrogen-bond acceptors (Lipinski definition) is 6. The van der Waals surface area contributed by atoms with Gasteiger partial charge in [0, 0.05) is 41.6 Å². The first-order valence-corrected chi connectivity index (χ1v) is 11.7. The van der Waals surface area contributed by atoms with E-state index in [9.17, 15) is 17.6 Å². The Balaban J connectivity index is 1.59. The molecule has 0 aliphatic carbocycles. The van der Waals surface area contributed by atoms with Gasteiger partial charge in [0.2, 0.25) is 5.95 Å². The third-order valence-corrected chi connectivity index (χ3v) is 6.99. The molecule has 1 aromatic carbocycles. The van der Waals surface area contributed by atoms with Crippen molar-refractivity contribution in [3.63, 3.8) is 0 Å². The predicted molar refractivity (Wildman–Crippen MR) is 131 cm³/mol. The van der Waals surface area contributed by atoms with Gasteiger partial charge in [0.15, 0.2) is 11.6 Å². The van der Waals surface area contributed by atoms with E-state index >= 15 is 0 Å². The topological polar surface area (TPSA) is 70.9 Å². The monoisotopic (exact) mass is 505 g/mol. The number of aromatic nitrogens is 4. The molecule has 0 atom stereocenters. The standard InChI is InChI=1S/C25H31F4N7/c1-23(2)10-17(11-24(3,4)36(23)6)32-21-20(26)13-30-22(34-21)33-16-7-8-18(15-12-31-35(5)14-15)19(9-16)25(27,28)29/h7-9,12-14,17H,10-11H2,1-6H3,(H2,30,32,33,34). The van der Waals surface area contributed by atoms with Gasteiger partial charge in [-0.3, -0.25) is 9.58 Å². The van der Waals surface area contributed by atoms with E-state index in [-0.39, 0.29) is 40.1 Å². The fourth-order valence-electron chi connectivity index (χ4n) is 4.99. The van der Waals surface area contributed by atoms with Crippen molar-refractivity contribution < 1.29 is 17.6 Å². The first kappa shape index (κ1) is 25.9. The summed E-state index contributed by atoms with van der Waals surface area (Å²) in [6.07, 6.45) is 0.854. The molecule has 0 unspecified atom stereocenters. The lowest BCUT2D eigenvalue weighted by atomic mass is 9.77. The minimum atomic E-state index is -4.59. The highest BCUT2D eigenvalue weighted by molar-refractivity contribution is 5.71. The van der Waals surface area contributed by atoms with Crippen LogP contribution in [0.4, 0.5) is 35.0 Å². The molecule has 0 saturated carbocycles. The van der Waals surface area contributed by atoms with E-state index in [0.717, 1.165) is 25.1 Å². The largest absolute Gasteiger partial charge is 0.417 e. The zero-order chi connectivity index (χ0) is 26.5. The van der Waals surface area contributed by atoms with Crippen molar-refractivity contribution in [3.8, 4) is 11.1 Å². The molecule has 2 N–H and O–H groups in total. The van der Waals surface area contributed by atoms with Gasteiger partial charge in [-0.15, -0.1) is 0 Å². The highest BCUT2D eigenvalue weighted by Gasteiger charge is 2.43. The van der Waals surface area contributed by atoms with Gasteiger partial charge in [0.05, 0.1) is 18.0 Å². The molecule has 3 aromatic rings. The van der Waals surface area contributed by atoms with Crippen LogP contribution in [0.15, 0.2) is 36.8 Å². The predicted octanol–water partition coefficient (Wildman–Crippen LogP) is 5.84. The number of aryl methyl sites for hydroxylation is 1. The summed E-state index contributed by atoms with van der Waals surface area (Å²) in [4.78, 5) is 10.5. The second-order valence-electron chi connectivity index (χ2n) is 10.6. The van der Waals surface area contributed by atoms with Crippen molar-refractivity contribution >= 4 is 17.5 Å². The Bertz CT molecular complexity index is 1230. The molecule has 11 heteroatoms. The molecule has 2 aromatic heterocycles. The van der Waals surface area contributed by atoms with Crippen molar-refractivity contribution in [1.29, 1.82) is 0 Å². The van der Waals surface area contributed by atoms with Crippen LogP contribution >= 0.6 is 0 Å². The van der Waals surface area contributed by atoms with Crippen molar-refractivity contribution in [1.82, 2.24) is 24.6 Å². The van der Waals surface area contributed by atoms with Crippen molar-refractivity contribution in [2.45, 2.75) is 63.8 Å². The number of likely N-dealkylation sites (tertiary alicyclic amines) is 1. The summed E-state index contributed by atoms with van der Waals surface area (Å²) in [7, 11) is 3.72. The van der Waals surface area contributed by atoms with E-state index < -0.39 is 17.6 Å². The van der Waals surface area contributed by atoms with Crippen LogP contribution in [-0.4, -0.2) is 48.8 Å². The summed E-state index contributed by atoms with van der Waals surface area (Å²) in [6.45, 7) is 8.55. The number of nitrogens with one attached hydrogen (secondary N) is 2. The maximum Gasteiger partial charge on any atom is 0.417 e. The molecule has 36 heavy (non-hydrogen) atoms. The highest BCUT2D eigenvalue weighted by atomic mass is 19.4. The van der Waals surface area contributed by atoms with Gasteiger partial charge >= 0.3 is 6.18 Å². The maximum atomic E-state index is 14.6. The van der Waals surface area contributed by atoms with Gasteiger partial charge in [0.1, 0.15) is 0 Å². The molecule has 1 aliphatic rings. The molecular formula is C25H31F4N7. The van der Waals surface area contributed by atoms with E-state index in [4.69, 9.17) is 0 Å². The number of anilines is 3. The fraction of sp³-hybridized carbons (Fsp3) is 0.480. The number of halogens is 4. The second kappa shape index (κ2) is 9.02. The van der Waals surface area contributed by atoms with E-state index in [1.165, 1.54) is 29.2 Å². The lowest BCUT2D eigenvalue weighted by Gasteiger charge is -2.53. The van der Waals surface area contributed by atoms with E-state index in [1.54, 1.807) is 7.05 Å². The van der Waals surface area contributed by atoms with Gasteiger partial charge in [-0.2, -0.15) is 23.3 Å². The molecule has 1 aliphatic heterocycles. The molecule has 0 spiro atoms. The SMILES string of the molecule is CN1C(C)(C)CC(Nc2nc(Nc3ccc(-c4cnn(C)c4)c(C(F)(F)F)c3)ncc2F)CC1(C)C. The van der Waals surface area contributed by atoms with Crippen LogP contribution in [-0.2, 0) is 13.2 Å². The third-order valence-electron chi connectivity index (χ3n) is 6.99. The van der Waals surface area contributed by atoms with Gasteiger partial charge < -0.3 is 10.6 Å². The van der Waals surface area contributed by atoms with E-state index in [0.29, 0.717) is 5.56 Å². The molecule has 0 amide bonds. The maximum absolute atomic E-state index is 14.6. The molecule has 1 saturated heterocycles. The Labute approximate surface area is 207 Å². The Morgan fingerprint density at radius 1 is 1.03 bits per heavy atom. The molecule has 7 nitrogen and oxygen atoms in total. The van der Waals surface area contributed by atoms with Crippen LogP contribution in [0.25, 0.3) is 11.1 Å². The minimum Gasteiger partial charge on any atom is -0.365 e. The number of nitrogens with zero attached hydrogens (tertiary/aromatic N) is 5. The van der Waals surface area contributed by atoms with Gasteiger partial charge in [-0.25, -0.2) is 9.37 Å². The van der Waals surface area contributed by atoms with Gasteiger partial charge in [-0.1, -0.05) is 6.07 Å². The Kier molecular flexibility index (Phi) is 6.48. The zero-order valence-corrected chi connectivity index (χ0v) is 21.2. The summed E-state index contributed by atoms with van der Waals surface area (Å²) < 4.78 is 57.6. The summed E-state index contributed by atoms with van der Waals surface area (Å²) in [5.41, 5.74) is -0.561. The average molecular weight is 506 g/mol. The fourth-order valence-corrected chi connectivity index (χ4v) is 4.99. The number of piperidine rings is 1. The molecule has 0 radical (unpaired) electrons. The molecule has 3 heterocycles. The Hall–Kier alpha value is -3.21. The Morgan fingerprint density at radius 2 is 1.69 bits per heavy atom. The number of rotatable bonds is 5. The lowest BCUT2D eigenvalue weighted by Crippen LogP contribution is -2.61. The third kappa shape index (κ3) is 5.30.